The fourth-order valence-corrected chi connectivity index (χ4v) is 2.40. The molecule has 0 aliphatic heterocycles. The summed E-state index contributed by atoms with van der Waals surface area (Å²) in [5.74, 6) is 0. The first-order chi connectivity index (χ1) is 9.22. The lowest BCUT2D eigenvalue weighted by Crippen LogP contribution is -2.14. The normalized spacial score (nSPS) is 10.7. The van der Waals surface area contributed by atoms with E-state index in [1.165, 1.54) is 0 Å². The summed E-state index contributed by atoms with van der Waals surface area (Å²) < 4.78 is 0. The van der Waals surface area contributed by atoms with E-state index in [2.05, 4.69) is 23.3 Å². The van der Waals surface area contributed by atoms with Gasteiger partial charge >= 0.3 is 0 Å². The molecule has 0 aliphatic carbocycles. The molecule has 1 heterocycles. The van der Waals surface area contributed by atoms with Crippen LogP contribution in [0.2, 0.25) is 10.0 Å². The van der Waals surface area contributed by atoms with E-state index in [-0.39, 0.29) is 0 Å². The third-order valence-electron chi connectivity index (χ3n) is 2.82. The Kier molecular flexibility index (Phi) is 5.20. The molecule has 0 aliphatic rings. The lowest BCUT2D eigenvalue weighted by Gasteiger charge is -2.11. The summed E-state index contributed by atoms with van der Waals surface area (Å²) >= 11 is 12.2. The highest BCUT2D eigenvalue weighted by Crippen LogP contribution is 2.30. The van der Waals surface area contributed by atoms with Crippen LogP contribution in [0.4, 0.5) is 0 Å². The van der Waals surface area contributed by atoms with Crippen LogP contribution >= 0.6 is 23.2 Å². The standard InChI is InChI=1S/C15H16Cl2N2/c1-2-7-18-10-11-4-3-8-19-15(11)13-6-5-12(16)9-14(13)17/h3-6,8-9,18H,2,7,10H2,1H3. The molecule has 1 aromatic carbocycles. The SMILES string of the molecule is CCCNCc1cccnc1-c1ccc(Cl)cc1Cl. The van der Waals surface area contributed by atoms with Crippen LogP contribution in [-0.4, -0.2) is 11.5 Å². The van der Waals surface area contributed by atoms with Crippen LogP contribution in [0.5, 0.6) is 0 Å². The Morgan fingerprint density at radius 2 is 2.05 bits per heavy atom. The molecule has 1 aromatic heterocycles. The molecular formula is C15H16Cl2N2. The Balaban J connectivity index is 2.33. The van der Waals surface area contributed by atoms with Crippen molar-refractivity contribution in [3.05, 3.63) is 52.1 Å². The number of aromatic nitrogens is 1. The van der Waals surface area contributed by atoms with Crippen molar-refractivity contribution in [2.45, 2.75) is 19.9 Å². The van der Waals surface area contributed by atoms with Crippen molar-refractivity contribution in [3.63, 3.8) is 0 Å². The van der Waals surface area contributed by atoms with Crippen molar-refractivity contribution in [1.29, 1.82) is 0 Å². The minimum atomic E-state index is 0.628. The number of nitrogens with one attached hydrogen (secondary N) is 1. The second kappa shape index (κ2) is 6.90. The van der Waals surface area contributed by atoms with Crippen molar-refractivity contribution < 1.29 is 0 Å². The molecule has 4 heteroatoms. The Labute approximate surface area is 123 Å². The molecule has 0 spiro atoms. The molecule has 0 saturated heterocycles. The maximum atomic E-state index is 6.25. The van der Waals surface area contributed by atoms with Crippen molar-refractivity contribution in [2.24, 2.45) is 0 Å². The minimum Gasteiger partial charge on any atom is -0.313 e. The molecule has 0 saturated carbocycles. The van der Waals surface area contributed by atoms with E-state index in [1.807, 2.05) is 18.2 Å². The van der Waals surface area contributed by atoms with Crippen molar-refractivity contribution in [2.75, 3.05) is 6.54 Å². The molecule has 1 N–H and O–H groups in total. The molecule has 2 nitrogen and oxygen atoms in total. The highest BCUT2D eigenvalue weighted by atomic mass is 35.5. The summed E-state index contributed by atoms with van der Waals surface area (Å²) in [6.07, 6.45) is 2.89. The van der Waals surface area contributed by atoms with Gasteiger partial charge in [0, 0.05) is 23.3 Å². The van der Waals surface area contributed by atoms with Crippen LogP contribution in [0.15, 0.2) is 36.5 Å². The first-order valence-electron chi connectivity index (χ1n) is 6.32. The van der Waals surface area contributed by atoms with Gasteiger partial charge in [0.05, 0.1) is 10.7 Å². The summed E-state index contributed by atoms with van der Waals surface area (Å²) in [6, 6.07) is 9.50. The fraction of sp³-hybridized carbons (Fsp3) is 0.267. The van der Waals surface area contributed by atoms with Gasteiger partial charge in [-0.05, 0) is 42.8 Å². The molecule has 19 heavy (non-hydrogen) atoms. The van der Waals surface area contributed by atoms with Gasteiger partial charge in [0.1, 0.15) is 0 Å². The minimum absolute atomic E-state index is 0.628. The number of pyridine rings is 1. The number of hydrogen-bond donors (Lipinski definition) is 1. The predicted molar refractivity (Wildman–Crippen MR) is 81.7 cm³/mol. The van der Waals surface area contributed by atoms with E-state index < -0.39 is 0 Å². The summed E-state index contributed by atoms with van der Waals surface area (Å²) in [5.41, 5.74) is 2.97. The van der Waals surface area contributed by atoms with E-state index in [4.69, 9.17) is 23.2 Å². The van der Waals surface area contributed by atoms with E-state index >= 15 is 0 Å². The zero-order chi connectivity index (χ0) is 13.7. The molecule has 0 fully saturated rings. The molecule has 0 radical (unpaired) electrons. The van der Waals surface area contributed by atoms with Crippen LogP contribution in [-0.2, 0) is 6.54 Å². The van der Waals surface area contributed by atoms with Crippen LogP contribution in [0.3, 0.4) is 0 Å². The average Bonchev–Trinajstić information content (AvgIpc) is 2.40. The van der Waals surface area contributed by atoms with Gasteiger partial charge in [0.15, 0.2) is 0 Å². The molecule has 2 aromatic rings. The molecule has 100 valence electrons. The quantitative estimate of drug-likeness (QED) is 0.818. The molecule has 0 unspecified atom stereocenters. The monoisotopic (exact) mass is 294 g/mol. The second-order valence-electron chi connectivity index (χ2n) is 4.31. The topological polar surface area (TPSA) is 24.9 Å². The van der Waals surface area contributed by atoms with E-state index in [0.717, 1.165) is 36.3 Å². The average molecular weight is 295 g/mol. The van der Waals surface area contributed by atoms with Gasteiger partial charge in [0.25, 0.3) is 0 Å². The first kappa shape index (κ1) is 14.3. The third kappa shape index (κ3) is 3.69. The predicted octanol–water partition coefficient (Wildman–Crippen LogP) is 4.56. The van der Waals surface area contributed by atoms with Gasteiger partial charge in [-0.2, -0.15) is 0 Å². The largest absolute Gasteiger partial charge is 0.313 e. The van der Waals surface area contributed by atoms with E-state index in [9.17, 15) is 0 Å². The molecular weight excluding hydrogens is 279 g/mol. The maximum Gasteiger partial charge on any atom is 0.0761 e. The Morgan fingerprint density at radius 1 is 1.21 bits per heavy atom. The second-order valence-corrected chi connectivity index (χ2v) is 5.16. The molecule has 0 amide bonds. The number of nitrogens with zero attached hydrogens (tertiary/aromatic N) is 1. The van der Waals surface area contributed by atoms with E-state index in [0.29, 0.717) is 10.0 Å². The number of halogens is 2. The number of rotatable bonds is 5. The lowest BCUT2D eigenvalue weighted by molar-refractivity contribution is 0.675. The fourth-order valence-electron chi connectivity index (χ4n) is 1.91. The van der Waals surface area contributed by atoms with Gasteiger partial charge < -0.3 is 5.32 Å². The van der Waals surface area contributed by atoms with Crippen molar-refractivity contribution in [3.8, 4) is 11.3 Å². The molecule has 0 atom stereocenters. The highest BCUT2D eigenvalue weighted by Gasteiger charge is 2.10. The Morgan fingerprint density at radius 3 is 2.79 bits per heavy atom. The number of benzene rings is 1. The van der Waals surface area contributed by atoms with Gasteiger partial charge in [-0.3, -0.25) is 4.98 Å². The van der Waals surface area contributed by atoms with Crippen LogP contribution in [0.1, 0.15) is 18.9 Å². The maximum absolute atomic E-state index is 6.25. The van der Waals surface area contributed by atoms with Crippen LogP contribution < -0.4 is 5.32 Å². The van der Waals surface area contributed by atoms with Gasteiger partial charge in [-0.25, -0.2) is 0 Å². The Hall–Kier alpha value is -1.09. The van der Waals surface area contributed by atoms with Crippen molar-refractivity contribution >= 4 is 23.2 Å². The summed E-state index contributed by atoms with van der Waals surface area (Å²) in [6.45, 7) is 3.92. The smallest absolute Gasteiger partial charge is 0.0761 e. The summed E-state index contributed by atoms with van der Waals surface area (Å²) in [7, 11) is 0. The van der Waals surface area contributed by atoms with Crippen LogP contribution in [0.25, 0.3) is 11.3 Å². The Bertz CT molecular complexity index is 556. The zero-order valence-electron chi connectivity index (χ0n) is 10.8. The van der Waals surface area contributed by atoms with Crippen LogP contribution in [0, 0.1) is 0 Å². The first-order valence-corrected chi connectivity index (χ1v) is 7.08. The highest BCUT2D eigenvalue weighted by molar-refractivity contribution is 6.36. The summed E-state index contributed by atoms with van der Waals surface area (Å²) in [4.78, 5) is 4.45. The summed E-state index contributed by atoms with van der Waals surface area (Å²) in [5, 5.41) is 4.65. The third-order valence-corrected chi connectivity index (χ3v) is 3.37. The van der Waals surface area contributed by atoms with Crippen molar-refractivity contribution in [1.82, 2.24) is 10.3 Å². The molecule has 2 rings (SSSR count). The van der Waals surface area contributed by atoms with E-state index in [1.54, 1.807) is 12.3 Å². The lowest BCUT2D eigenvalue weighted by atomic mass is 10.1. The van der Waals surface area contributed by atoms with Gasteiger partial charge in [-0.15, -0.1) is 0 Å². The van der Waals surface area contributed by atoms with Gasteiger partial charge in [-0.1, -0.05) is 36.2 Å². The number of hydrogen-bond acceptors (Lipinski definition) is 2. The van der Waals surface area contributed by atoms with Gasteiger partial charge in [0.2, 0.25) is 0 Å². The molecule has 0 bridgehead atoms. The zero-order valence-corrected chi connectivity index (χ0v) is 12.3.